The van der Waals surface area contributed by atoms with Crippen molar-refractivity contribution in [1.82, 2.24) is 21.5 Å². The van der Waals surface area contributed by atoms with E-state index in [4.69, 9.17) is 21.7 Å². The van der Waals surface area contributed by atoms with Gasteiger partial charge in [0.2, 0.25) is 0 Å². The summed E-state index contributed by atoms with van der Waals surface area (Å²) in [7, 11) is 1.60. The van der Waals surface area contributed by atoms with Crippen molar-refractivity contribution in [2.45, 2.75) is 45.9 Å². The van der Waals surface area contributed by atoms with Gasteiger partial charge >= 0.3 is 6.09 Å². The van der Waals surface area contributed by atoms with Crippen molar-refractivity contribution in [2.75, 3.05) is 13.7 Å². The minimum Gasteiger partial charge on any atom is -0.444 e. The zero-order valence-electron chi connectivity index (χ0n) is 16.3. The van der Waals surface area contributed by atoms with Crippen LogP contribution < -0.4 is 21.5 Å². The molecule has 0 aliphatic rings. The molecule has 0 aromatic heterocycles. The van der Waals surface area contributed by atoms with Crippen LogP contribution in [0.25, 0.3) is 0 Å². The second kappa shape index (κ2) is 10.7. The fourth-order valence-electron chi connectivity index (χ4n) is 2.00. The van der Waals surface area contributed by atoms with Gasteiger partial charge in [0, 0.05) is 25.3 Å². The van der Waals surface area contributed by atoms with E-state index in [9.17, 15) is 9.59 Å². The zero-order valence-corrected chi connectivity index (χ0v) is 17.2. The van der Waals surface area contributed by atoms with Crippen molar-refractivity contribution < 1.29 is 19.1 Å². The first kappa shape index (κ1) is 22.7. The zero-order chi connectivity index (χ0) is 20.4. The molecule has 0 aliphatic carbocycles. The fraction of sp³-hybridized carbons (Fsp3) is 0.500. The number of ether oxygens (including phenoxy) is 2. The smallest absolute Gasteiger partial charge is 0.407 e. The number of benzene rings is 1. The van der Waals surface area contributed by atoms with E-state index in [0.717, 1.165) is 5.56 Å². The summed E-state index contributed by atoms with van der Waals surface area (Å²) in [4.78, 5) is 23.8. The Balaban J connectivity index is 2.43. The summed E-state index contributed by atoms with van der Waals surface area (Å²) in [5.41, 5.74) is 5.91. The number of hydrazine groups is 1. The maximum atomic E-state index is 12.1. The number of carbonyl (C=O) groups is 2. The summed E-state index contributed by atoms with van der Waals surface area (Å²) in [5.74, 6) is -0.329. The van der Waals surface area contributed by atoms with Crippen LogP contribution in [0.2, 0.25) is 0 Å². The highest BCUT2D eigenvalue weighted by Gasteiger charge is 2.15. The van der Waals surface area contributed by atoms with Crippen molar-refractivity contribution in [3.63, 3.8) is 0 Å². The molecule has 1 aromatic rings. The van der Waals surface area contributed by atoms with E-state index in [1.165, 1.54) is 0 Å². The van der Waals surface area contributed by atoms with E-state index in [1.807, 2.05) is 6.92 Å². The minimum absolute atomic E-state index is 0.0173. The van der Waals surface area contributed by atoms with Crippen LogP contribution >= 0.6 is 12.2 Å². The summed E-state index contributed by atoms with van der Waals surface area (Å²) >= 11 is 5.09. The molecule has 0 radical (unpaired) electrons. The molecule has 4 N–H and O–H groups in total. The van der Waals surface area contributed by atoms with Crippen LogP contribution in [0.3, 0.4) is 0 Å². The van der Waals surface area contributed by atoms with Crippen LogP contribution in [-0.4, -0.2) is 42.5 Å². The molecule has 0 saturated heterocycles. The first-order valence-corrected chi connectivity index (χ1v) is 8.93. The Kier molecular flexibility index (Phi) is 8.96. The molecule has 9 heteroatoms. The van der Waals surface area contributed by atoms with E-state index >= 15 is 0 Å². The molecule has 0 saturated carbocycles. The van der Waals surface area contributed by atoms with Crippen molar-refractivity contribution >= 4 is 29.3 Å². The third-order valence-electron chi connectivity index (χ3n) is 3.14. The molecular weight excluding hydrogens is 368 g/mol. The number of carbonyl (C=O) groups excluding carboxylic acids is 2. The molecule has 1 atom stereocenters. The van der Waals surface area contributed by atoms with E-state index < -0.39 is 11.7 Å². The van der Waals surface area contributed by atoms with Crippen molar-refractivity contribution in [3.05, 3.63) is 35.4 Å². The second-order valence-corrected chi connectivity index (χ2v) is 7.37. The lowest BCUT2D eigenvalue weighted by Gasteiger charge is -2.19. The average Bonchev–Trinajstić information content (AvgIpc) is 2.57. The Bertz CT molecular complexity index is 644. The number of rotatable bonds is 6. The standard InChI is InChI=1S/C18H28N4O4S/c1-12(11-25-5)20-16(27)22-21-15(23)14-8-6-13(7-9-14)10-19-17(24)26-18(2,3)4/h6-9,12H,10-11H2,1-5H3,(H,19,24)(H,21,23)(H2,20,22,27)/t12-/m1/s1. The minimum atomic E-state index is -0.546. The molecule has 150 valence electrons. The summed E-state index contributed by atoms with van der Waals surface area (Å²) in [6.45, 7) is 8.10. The third kappa shape index (κ3) is 9.76. The van der Waals surface area contributed by atoms with Crippen LogP contribution in [0.1, 0.15) is 43.6 Å². The lowest BCUT2D eigenvalue weighted by Crippen LogP contribution is -2.49. The van der Waals surface area contributed by atoms with Crippen LogP contribution in [0.15, 0.2) is 24.3 Å². The van der Waals surface area contributed by atoms with Crippen molar-refractivity contribution in [3.8, 4) is 0 Å². The van der Waals surface area contributed by atoms with Gasteiger partial charge in [0.1, 0.15) is 5.60 Å². The molecular formula is C18H28N4O4S. The van der Waals surface area contributed by atoms with Crippen molar-refractivity contribution in [1.29, 1.82) is 0 Å². The SMILES string of the molecule is COC[C@@H](C)NC(=S)NNC(=O)c1ccc(CNC(=O)OC(C)(C)C)cc1. The molecule has 0 unspecified atom stereocenters. The van der Waals surface area contributed by atoms with Gasteiger partial charge in [0.05, 0.1) is 6.61 Å². The fourth-order valence-corrected chi connectivity index (χ4v) is 2.25. The summed E-state index contributed by atoms with van der Waals surface area (Å²) in [5, 5.41) is 5.93. The van der Waals surface area contributed by atoms with Gasteiger partial charge in [-0.2, -0.15) is 0 Å². The molecule has 0 heterocycles. The molecule has 0 aliphatic heterocycles. The molecule has 8 nitrogen and oxygen atoms in total. The molecule has 27 heavy (non-hydrogen) atoms. The van der Waals surface area contributed by atoms with Gasteiger partial charge in [-0.05, 0) is 57.6 Å². The summed E-state index contributed by atoms with van der Waals surface area (Å²) in [6, 6.07) is 6.84. The van der Waals surface area contributed by atoms with Crippen LogP contribution in [-0.2, 0) is 16.0 Å². The number of alkyl carbamates (subject to hydrolysis) is 1. The monoisotopic (exact) mass is 396 g/mol. The van der Waals surface area contributed by atoms with E-state index in [2.05, 4.69) is 21.5 Å². The number of hydrogen-bond donors (Lipinski definition) is 4. The van der Waals surface area contributed by atoms with Gasteiger partial charge in [-0.15, -0.1) is 0 Å². The summed E-state index contributed by atoms with van der Waals surface area (Å²) < 4.78 is 10.2. The van der Waals surface area contributed by atoms with Gasteiger partial charge in [0.25, 0.3) is 5.91 Å². The number of methoxy groups -OCH3 is 1. The third-order valence-corrected chi connectivity index (χ3v) is 3.36. The van der Waals surface area contributed by atoms with E-state index in [1.54, 1.807) is 52.1 Å². The highest BCUT2D eigenvalue weighted by atomic mass is 32.1. The van der Waals surface area contributed by atoms with Gasteiger partial charge in [-0.1, -0.05) is 12.1 Å². The Labute approximate surface area is 165 Å². The first-order chi connectivity index (χ1) is 12.6. The molecule has 2 amide bonds. The van der Waals surface area contributed by atoms with E-state index in [-0.39, 0.29) is 11.9 Å². The number of amides is 2. The van der Waals surface area contributed by atoms with Gasteiger partial charge < -0.3 is 20.1 Å². The largest absolute Gasteiger partial charge is 0.444 e. The Hall–Kier alpha value is -2.39. The van der Waals surface area contributed by atoms with Gasteiger partial charge in [-0.3, -0.25) is 15.6 Å². The maximum Gasteiger partial charge on any atom is 0.407 e. The predicted molar refractivity (Wildman–Crippen MR) is 107 cm³/mol. The highest BCUT2D eigenvalue weighted by Crippen LogP contribution is 2.08. The molecule has 0 fully saturated rings. The van der Waals surface area contributed by atoms with Crippen LogP contribution in [0.5, 0.6) is 0 Å². The number of thiocarbonyl (C=S) groups is 1. The topological polar surface area (TPSA) is 101 Å². The number of nitrogens with one attached hydrogen (secondary N) is 4. The molecule has 1 rings (SSSR count). The van der Waals surface area contributed by atoms with Crippen molar-refractivity contribution in [2.24, 2.45) is 0 Å². The highest BCUT2D eigenvalue weighted by molar-refractivity contribution is 7.80. The molecule has 0 bridgehead atoms. The van der Waals surface area contributed by atoms with E-state index in [0.29, 0.717) is 23.8 Å². The Morgan fingerprint density at radius 1 is 1.15 bits per heavy atom. The maximum absolute atomic E-state index is 12.1. The number of hydrogen-bond acceptors (Lipinski definition) is 5. The first-order valence-electron chi connectivity index (χ1n) is 8.52. The summed E-state index contributed by atoms with van der Waals surface area (Å²) in [6.07, 6.45) is -0.489. The predicted octanol–water partition coefficient (Wildman–Crippen LogP) is 1.86. The second-order valence-electron chi connectivity index (χ2n) is 6.96. The van der Waals surface area contributed by atoms with Gasteiger partial charge in [-0.25, -0.2) is 4.79 Å². The Morgan fingerprint density at radius 2 is 1.78 bits per heavy atom. The molecule has 0 spiro atoms. The quantitative estimate of drug-likeness (QED) is 0.430. The normalized spacial score (nSPS) is 11.9. The lowest BCUT2D eigenvalue weighted by atomic mass is 10.1. The van der Waals surface area contributed by atoms with Crippen LogP contribution in [0.4, 0.5) is 4.79 Å². The lowest BCUT2D eigenvalue weighted by molar-refractivity contribution is 0.0523. The van der Waals surface area contributed by atoms with Crippen LogP contribution in [0, 0.1) is 0 Å². The Morgan fingerprint density at radius 3 is 2.33 bits per heavy atom. The average molecular weight is 397 g/mol. The van der Waals surface area contributed by atoms with Gasteiger partial charge in [0.15, 0.2) is 5.11 Å². The molecule has 1 aromatic carbocycles.